The van der Waals surface area contributed by atoms with Crippen molar-refractivity contribution in [2.24, 2.45) is 7.05 Å². The van der Waals surface area contributed by atoms with Crippen molar-refractivity contribution in [2.45, 2.75) is 50.4 Å². The Kier molecular flexibility index (Phi) is 4.75. The highest BCUT2D eigenvalue weighted by Crippen LogP contribution is 2.41. The molecule has 1 saturated carbocycles. The van der Waals surface area contributed by atoms with E-state index < -0.39 is 5.60 Å². The predicted molar refractivity (Wildman–Crippen MR) is 106 cm³/mol. The van der Waals surface area contributed by atoms with Gasteiger partial charge in [-0.3, -0.25) is 4.79 Å². The lowest BCUT2D eigenvalue weighted by atomic mass is 9.94. The van der Waals surface area contributed by atoms with Gasteiger partial charge in [0, 0.05) is 38.7 Å². The van der Waals surface area contributed by atoms with Crippen LogP contribution in [0.2, 0.25) is 0 Å². The van der Waals surface area contributed by atoms with Crippen molar-refractivity contribution in [2.75, 3.05) is 6.54 Å². The zero-order valence-electron chi connectivity index (χ0n) is 16.3. The Morgan fingerprint density at radius 1 is 1.14 bits per heavy atom. The van der Waals surface area contributed by atoms with Crippen molar-refractivity contribution >= 4 is 6.09 Å². The first-order valence-corrected chi connectivity index (χ1v) is 9.82. The molecule has 3 unspecified atom stereocenters. The van der Waals surface area contributed by atoms with E-state index in [2.05, 4.69) is 0 Å². The third-order valence-electron chi connectivity index (χ3n) is 6.19. The van der Waals surface area contributed by atoms with E-state index in [9.17, 15) is 14.7 Å². The average molecular weight is 382 g/mol. The average Bonchev–Trinajstić information content (AvgIpc) is 3.03. The zero-order valence-corrected chi connectivity index (χ0v) is 16.3. The number of aliphatic hydroxyl groups is 1. The number of amides is 1. The standard InChI is InChI=1S/C22H26N2O4/c1-15(24-12-10-22(28-21(24)27)9-7-19(25)14-22)16-3-5-17(6-4-16)18-8-11-23(2)20(26)13-18/h3-6,8,11,13,15,19,25H,7,9-10,12,14H2,1-2H3. The number of carbonyl (C=O) groups is 1. The van der Waals surface area contributed by atoms with E-state index in [0.29, 0.717) is 19.4 Å². The summed E-state index contributed by atoms with van der Waals surface area (Å²) in [7, 11) is 1.73. The van der Waals surface area contributed by atoms with E-state index >= 15 is 0 Å². The van der Waals surface area contributed by atoms with Gasteiger partial charge in [-0.1, -0.05) is 24.3 Å². The summed E-state index contributed by atoms with van der Waals surface area (Å²) in [5.74, 6) is 0. The molecule has 1 saturated heterocycles. The number of ether oxygens (including phenoxy) is 1. The lowest BCUT2D eigenvalue weighted by Gasteiger charge is -2.41. The van der Waals surface area contributed by atoms with Crippen molar-refractivity contribution in [3.63, 3.8) is 0 Å². The summed E-state index contributed by atoms with van der Waals surface area (Å²) in [5, 5.41) is 9.81. The first kappa shape index (κ1) is 18.7. The number of pyridine rings is 1. The molecule has 28 heavy (non-hydrogen) atoms. The Morgan fingerprint density at radius 3 is 2.50 bits per heavy atom. The largest absolute Gasteiger partial charge is 0.443 e. The second kappa shape index (κ2) is 7.09. The fourth-order valence-corrected chi connectivity index (χ4v) is 4.31. The molecule has 0 bridgehead atoms. The molecule has 1 aliphatic heterocycles. The summed E-state index contributed by atoms with van der Waals surface area (Å²) < 4.78 is 7.31. The second-order valence-corrected chi connectivity index (χ2v) is 8.05. The molecule has 2 aromatic rings. The summed E-state index contributed by atoms with van der Waals surface area (Å²) in [5.41, 5.74) is 2.34. The number of benzene rings is 1. The van der Waals surface area contributed by atoms with Gasteiger partial charge in [0.25, 0.3) is 5.56 Å². The van der Waals surface area contributed by atoms with E-state index in [-0.39, 0.29) is 23.8 Å². The van der Waals surface area contributed by atoms with E-state index in [0.717, 1.165) is 29.5 Å². The van der Waals surface area contributed by atoms with Gasteiger partial charge in [0.1, 0.15) is 5.60 Å². The maximum absolute atomic E-state index is 12.6. The summed E-state index contributed by atoms with van der Waals surface area (Å²) in [6.07, 6.45) is 3.84. The number of nitrogens with zero attached hydrogens (tertiary/aromatic N) is 2. The molecule has 2 heterocycles. The van der Waals surface area contributed by atoms with Crippen LogP contribution in [0.4, 0.5) is 4.79 Å². The quantitative estimate of drug-likeness (QED) is 0.885. The smallest absolute Gasteiger partial charge is 0.410 e. The van der Waals surface area contributed by atoms with Gasteiger partial charge >= 0.3 is 6.09 Å². The fourth-order valence-electron chi connectivity index (χ4n) is 4.31. The number of rotatable bonds is 3. The number of hydrogen-bond acceptors (Lipinski definition) is 4. The molecule has 1 amide bonds. The van der Waals surface area contributed by atoms with Crippen LogP contribution in [-0.4, -0.2) is 38.9 Å². The topological polar surface area (TPSA) is 71.8 Å². The maximum Gasteiger partial charge on any atom is 0.410 e. The second-order valence-electron chi connectivity index (χ2n) is 8.05. The summed E-state index contributed by atoms with van der Waals surface area (Å²) in [4.78, 5) is 26.2. The van der Waals surface area contributed by atoms with E-state index in [4.69, 9.17) is 4.74 Å². The van der Waals surface area contributed by atoms with Crippen LogP contribution in [0.3, 0.4) is 0 Å². The Hall–Kier alpha value is -2.60. The van der Waals surface area contributed by atoms with Crippen molar-refractivity contribution < 1.29 is 14.6 Å². The molecule has 2 fully saturated rings. The SMILES string of the molecule is CC(c1ccc(-c2ccn(C)c(=O)c2)cc1)N1CCC2(CCC(O)C2)OC1=O. The number of hydrogen-bond donors (Lipinski definition) is 1. The number of aryl methyl sites for hydroxylation is 1. The van der Waals surface area contributed by atoms with Crippen LogP contribution in [0.15, 0.2) is 47.4 Å². The van der Waals surface area contributed by atoms with E-state index in [1.54, 1.807) is 24.2 Å². The third-order valence-corrected chi connectivity index (χ3v) is 6.19. The van der Waals surface area contributed by atoms with Crippen LogP contribution in [0.25, 0.3) is 11.1 Å². The highest BCUT2D eigenvalue weighted by Gasteiger charge is 2.46. The monoisotopic (exact) mass is 382 g/mol. The maximum atomic E-state index is 12.6. The Labute approximate surface area is 164 Å². The normalized spacial score (nSPS) is 25.8. The number of aliphatic hydroxyl groups excluding tert-OH is 1. The molecule has 1 aromatic carbocycles. The molecule has 1 spiro atoms. The van der Waals surface area contributed by atoms with Crippen molar-refractivity contribution in [1.82, 2.24) is 9.47 Å². The molecule has 1 N–H and O–H groups in total. The summed E-state index contributed by atoms with van der Waals surface area (Å²) >= 11 is 0. The Balaban J connectivity index is 1.48. The van der Waals surface area contributed by atoms with Crippen LogP contribution in [0, 0.1) is 0 Å². The molecule has 2 aliphatic rings. The molecular formula is C22H26N2O4. The lowest BCUT2D eigenvalue weighted by molar-refractivity contribution is -0.0572. The fraction of sp³-hybridized carbons (Fsp3) is 0.455. The molecule has 148 valence electrons. The zero-order chi connectivity index (χ0) is 19.9. The summed E-state index contributed by atoms with van der Waals surface area (Å²) in [6, 6.07) is 11.4. The third kappa shape index (κ3) is 3.44. The Morgan fingerprint density at radius 2 is 1.89 bits per heavy atom. The molecule has 0 radical (unpaired) electrons. The highest BCUT2D eigenvalue weighted by molar-refractivity contribution is 5.70. The molecule has 1 aliphatic carbocycles. The number of carbonyl (C=O) groups excluding carboxylic acids is 1. The van der Waals surface area contributed by atoms with Crippen molar-refractivity contribution in [1.29, 1.82) is 0 Å². The molecule has 3 atom stereocenters. The van der Waals surface area contributed by atoms with Gasteiger partial charge in [-0.25, -0.2) is 4.79 Å². The van der Waals surface area contributed by atoms with Gasteiger partial charge < -0.3 is 19.3 Å². The van der Waals surface area contributed by atoms with Crippen molar-refractivity contribution in [3.05, 3.63) is 58.5 Å². The van der Waals surface area contributed by atoms with Crippen LogP contribution < -0.4 is 5.56 Å². The van der Waals surface area contributed by atoms with Gasteiger partial charge in [-0.05, 0) is 42.5 Å². The minimum atomic E-state index is -0.476. The van der Waals surface area contributed by atoms with E-state index in [1.165, 1.54) is 4.57 Å². The van der Waals surface area contributed by atoms with Crippen LogP contribution in [0.5, 0.6) is 0 Å². The molecular weight excluding hydrogens is 356 g/mol. The Bertz CT molecular complexity index is 936. The van der Waals surface area contributed by atoms with Crippen LogP contribution >= 0.6 is 0 Å². The van der Waals surface area contributed by atoms with Gasteiger partial charge in [0.2, 0.25) is 0 Å². The highest BCUT2D eigenvalue weighted by atomic mass is 16.6. The van der Waals surface area contributed by atoms with Gasteiger partial charge in [0.05, 0.1) is 12.1 Å². The van der Waals surface area contributed by atoms with E-state index in [1.807, 2.05) is 37.3 Å². The first-order chi connectivity index (χ1) is 13.4. The number of aromatic nitrogens is 1. The molecule has 1 aromatic heterocycles. The minimum absolute atomic E-state index is 0.0445. The van der Waals surface area contributed by atoms with Crippen LogP contribution in [-0.2, 0) is 11.8 Å². The summed E-state index contributed by atoms with van der Waals surface area (Å²) in [6.45, 7) is 2.62. The molecule has 6 nitrogen and oxygen atoms in total. The lowest BCUT2D eigenvalue weighted by Crippen LogP contribution is -2.49. The van der Waals surface area contributed by atoms with Crippen molar-refractivity contribution in [3.8, 4) is 11.1 Å². The van der Waals surface area contributed by atoms with Gasteiger partial charge in [0.15, 0.2) is 0 Å². The predicted octanol–water partition coefficient (Wildman–Crippen LogP) is 3.24. The molecule has 6 heteroatoms. The van der Waals surface area contributed by atoms with Gasteiger partial charge in [-0.15, -0.1) is 0 Å². The molecule has 4 rings (SSSR count). The van der Waals surface area contributed by atoms with Crippen LogP contribution in [0.1, 0.15) is 44.2 Å². The van der Waals surface area contributed by atoms with Gasteiger partial charge in [-0.2, -0.15) is 0 Å². The first-order valence-electron chi connectivity index (χ1n) is 9.82. The minimum Gasteiger partial charge on any atom is -0.443 e.